The molecule has 0 radical (unpaired) electrons. The molecule has 4 nitrogen and oxygen atoms in total. The van der Waals surface area contributed by atoms with Crippen molar-refractivity contribution in [3.05, 3.63) is 35.4 Å². The normalized spacial score (nSPS) is 24.7. The lowest BCUT2D eigenvalue weighted by Gasteiger charge is -2.28. The highest BCUT2D eigenvalue weighted by Gasteiger charge is 2.22. The first kappa shape index (κ1) is 19.4. The van der Waals surface area contributed by atoms with Gasteiger partial charge in [0.2, 0.25) is 0 Å². The Labute approximate surface area is 158 Å². The highest BCUT2D eigenvalue weighted by atomic mass is 16.5. The summed E-state index contributed by atoms with van der Waals surface area (Å²) in [5.74, 6) is 1.40. The van der Waals surface area contributed by atoms with Gasteiger partial charge in [-0.25, -0.2) is 4.79 Å². The molecule has 0 aromatic heterocycles. The number of nitrogens with zero attached hydrogens (tertiary/aromatic N) is 2. The monoisotopic (exact) mass is 358 g/mol. The van der Waals surface area contributed by atoms with E-state index in [0.29, 0.717) is 18.1 Å². The molecular formula is C22H34N2O2. The van der Waals surface area contributed by atoms with Gasteiger partial charge in [-0.05, 0) is 62.3 Å². The minimum atomic E-state index is -0.198. The number of hydrogen-bond acceptors (Lipinski definition) is 4. The number of hydrogen-bond donors (Lipinski definition) is 0. The lowest BCUT2D eigenvalue weighted by molar-refractivity contribution is 0.0467. The Morgan fingerprint density at radius 3 is 2.46 bits per heavy atom. The highest BCUT2D eigenvalue weighted by molar-refractivity contribution is 5.89. The van der Waals surface area contributed by atoms with Gasteiger partial charge in [-0.3, -0.25) is 9.80 Å². The predicted molar refractivity (Wildman–Crippen MR) is 105 cm³/mol. The molecule has 0 N–H and O–H groups in total. The van der Waals surface area contributed by atoms with E-state index >= 15 is 0 Å². The van der Waals surface area contributed by atoms with Crippen LogP contribution < -0.4 is 0 Å². The SMILES string of the molecule is CCCC1CCC(c2ccc(C(=O)OCCN3CCN(C)C3)cc2)CC1. The third-order valence-corrected chi connectivity index (χ3v) is 6.04. The first-order valence-corrected chi connectivity index (χ1v) is 10.3. The summed E-state index contributed by atoms with van der Waals surface area (Å²) >= 11 is 0. The molecule has 0 bridgehead atoms. The van der Waals surface area contributed by atoms with E-state index in [1.165, 1.54) is 44.1 Å². The van der Waals surface area contributed by atoms with Gasteiger partial charge in [0.25, 0.3) is 0 Å². The lowest BCUT2D eigenvalue weighted by Crippen LogP contribution is -2.27. The second-order valence-corrected chi connectivity index (χ2v) is 8.10. The molecule has 0 amide bonds. The Morgan fingerprint density at radius 2 is 1.85 bits per heavy atom. The third-order valence-electron chi connectivity index (χ3n) is 6.04. The molecule has 144 valence electrons. The van der Waals surface area contributed by atoms with Crippen LogP contribution in [-0.2, 0) is 4.74 Å². The molecule has 0 unspecified atom stereocenters. The summed E-state index contributed by atoms with van der Waals surface area (Å²) in [5.41, 5.74) is 2.06. The molecule has 0 atom stereocenters. The first-order valence-electron chi connectivity index (χ1n) is 10.3. The minimum absolute atomic E-state index is 0.198. The zero-order chi connectivity index (χ0) is 18.4. The summed E-state index contributed by atoms with van der Waals surface area (Å²) in [6.07, 6.45) is 7.98. The molecule has 2 aliphatic rings. The van der Waals surface area contributed by atoms with Gasteiger partial charge in [0.15, 0.2) is 0 Å². The van der Waals surface area contributed by atoms with Crippen LogP contribution in [0.2, 0.25) is 0 Å². The van der Waals surface area contributed by atoms with Gasteiger partial charge >= 0.3 is 5.97 Å². The number of carbonyl (C=O) groups excluding carboxylic acids is 1. The molecule has 2 fully saturated rings. The lowest BCUT2D eigenvalue weighted by atomic mass is 9.77. The number of rotatable bonds is 7. The van der Waals surface area contributed by atoms with E-state index in [-0.39, 0.29) is 5.97 Å². The molecule has 26 heavy (non-hydrogen) atoms. The molecule has 1 saturated heterocycles. The number of carbonyl (C=O) groups is 1. The van der Waals surface area contributed by atoms with Crippen molar-refractivity contribution in [2.24, 2.45) is 5.92 Å². The Kier molecular flexibility index (Phi) is 7.09. The Morgan fingerprint density at radius 1 is 1.12 bits per heavy atom. The molecule has 1 heterocycles. The molecule has 4 heteroatoms. The maximum atomic E-state index is 12.2. The quantitative estimate of drug-likeness (QED) is 0.686. The van der Waals surface area contributed by atoms with Crippen LogP contribution in [-0.4, -0.2) is 55.7 Å². The standard InChI is InChI=1S/C22H34N2O2/c1-3-4-18-5-7-19(8-6-18)20-9-11-21(12-10-20)22(25)26-16-15-24-14-13-23(2)17-24/h9-12,18-19H,3-8,13-17H2,1-2H3. The van der Waals surface area contributed by atoms with Crippen molar-refractivity contribution in [1.29, 1.82) is 0 Å². The minimum Gasteiger partial charge on any atom is -0.461 e. The van der Waals surface area contributed by atoms with Crippen LogP contribution in [0.5, 0.6) is 0 Å². The first-order chi connectivity index (χ1) is 12.7. The molecule has 1 aliphatic carbocycles. The fraction of sp³-hybridized carbons (Fsp3) is 0.682. The molecule has 1 aliphatic heterocycles. The van der Waals surface area contributed by atoms with Gasteiger partial charge in [0.05, 0.1) is 12.2 Å². The van der Waals surface area contributed by atoms with Crippen molar-refractivity contribution in [3.8, 4) is 0 Å². The third kappa shape index (κ3) is 5.31. The fourth-order valence-electron chi connectivity index (χ4n) is 4.41. The maximum absolute atomic E-state index is 12.2. The smallest absolute Gasteiger partial charge is 0.338 e. The zero-order valence-corrected chi connectivity index (χ0v) is 16.5. The number of likely N-dealkylation sites (N-methyl/N-ethyl adjacent to an activating group) is 1. The van der Waals surface area contributed by atoms with E-state index in [4.69, 9.17) is 4.74 Å². The van der Waals surface area contributed by atoms with Crippen molar-refractivity contribution in [1.82, 2.24) is 9.80 Å². The topological polar surface area (TPSA) is 32.8 Å². The van der Waals surface area contributed by atoms with Crippen LogP contribution >= 0.6 is 0 Å². The van der Waals surface area contributed by atoms with Crippen molar-refractivity contribution in [2.45, 2.75) is 51.4 Å². The maximum Gasteiger partial charge on any atom is 0.338 e. The van der Waals surface area contributed by atoms with Crippen molar-refractivity contribution in [2.75, 3.05) is 40.0 Å². The summed E-state index contributed by atoms with van der Waals surface area (Å²) in [4.78, 5) is 16.8. The largest absolute Gasteiger partial charge is 0.461 e. The van der Waals surface area contributed by atoms with Crippen molar-refractivity contribution < 1.29 is 9.53 Å². The second-order valence-electron chi connectivity index (χ2n) is 8.10. The van der Waals surface area contributed by atoms with E-state index in [0.717, 1.165) is 32.2 Å². The van der Waals surface area contributed by atoms with E-state index in [1.807, 2.05) is 12.1 Å². The molecular weight excluding hydrogens is 324 g/mol. The van der Waals surface area contributed by atoms with Crippen molar-refractivity contribution >= 4 is 5.97 Å². The van der Waals surface area contributed by atoms with Crippen LogP contribution in [0.1, 0.15) is 67.3 Å². The van der Waals surface area contributed by atoms with E-state index in [2.05, 4.69) is 35.9 Å². The summed E-state index contributed by atoms with van der Waals surface area (Å²) < 4.78 is 5.45. The van der Waals surface area contributed by atoms with E-state index < -0.39 is 0 Å². The predicted octanol–water partition coefficient (Wildman–Crippen LogP) is 4.12. The number of benzene rings is 1. The Balaban J connectivity index is 1.43. The average Bonchev–Trinajstić information content (AvgIpc) is 3.08. The van der Waals surface area contributed by atoms with Gasteiger partial charge in [-0.15, -0.1) is 0 Å². The van der Waals surface area contributed by atoms with Gasteiger partial charge < -0.3 is 4.74 Å². The summed E-state index contributed by atoms with van der Waals surface area (Å²) in [5, 5.41) is 0. The number of esters is 1. The van der Waals surface area contributed by atoms with E-state index in [1.54, 1.807) is 0 Å². The van der Waals surface area contributed by atoms with Crippen LogP contribution in [0.4, 0.5) is 0 Å². The molecule has 3 rings (SSSR count). The van der Waals surface area contributed by atoms with Crippen LogP contribution in [0.15, 0.2) is 24.3 Å². The van der Waals surface area contributed by atoms with Crippen LogP contribution in [0.3, 0.4) is 0 Å². The molecule has 1 aromatic rings. The van der Waals surface area contributed by atoms with Crippen molar-refractivity contribution in [3.63, 3.8) is 0 Å². The van der Waals surface area contributed by atoms with Crippen LogP contribution in [0, 0.1) is 5.92 Å². The summed E-state index contributed by atoms with van der Waals surface area (Å²) in [6.45, 7) is 6.68. The molecule has 1 aromatic carbocycles. The summed E-state index contributed by atoms with van der Waals surface area (Å²) in [6, 6.07) is 8.16. The Hall–Kier alpha value is -1.39. The average molecular weight is 359 g/mol. The second kappa shape index (κ2) is 9.52. The van der Waals surface area contributed by atoms with Gasteiger partial charge in [-0.1, -0.05) is 31.9 Å². The van der Waals surface area contributed by atoms with E-state index in [9.17, 15) is 4.79 Å². The van der Waals surface area contributed by atoms with Gasteiger partial charge in [0.1, 0.15) is 6.61 Å². The molecule has 0 spiro atoms. The molecule has 1 saturated carbocycles. The highest BCUT2D eigenvalue weighted by Crippen LogP contribution is 2.37. The fourth-order valence-corrected chi connectivity index (χ4v) is 4.41. The Bertz CT molecular complexity index is 564. The summed E-state index contributed by atoms with van der Waals surface area (Å²) in [7, 11) is 2.11. The zero-order valence-electron chi connectivity index (χ0n) is 16.5. The number of ether oxygens (including phenoxy) is 1. The van der Waals surface area contributed by atoms with Gasteiger partial charge in [0, 0.05) is 19.6 Å². The van der Waals surface area contributed by atoms with Gasteiger partial charge in [-0.2, -0.15) is 0 Å². The van der Waals surface area contributed by atoms with Crippen LogP contribution in [0.25, 0.3) is 0 Å².